The molecule has 0 unspecified atom stereocenters. The quantitative estimate of drug-likeness (QED) is 0.710. The maximum atomic E-state index is 12.8. The van der Waals surface area contributed by atoms with E-state index in [1.165, 1.54) is 22.5 Å². The number of halogens is 1. The molecule has 1 heterocycles. The Kier molecular flexibility index (Phi) is 6.16. The maximum absolute atomic E-state index is 12.8. The number of rotatable bonds is 5. The van der Waals surface area contributed by atoms with Crippen LogP contribution in [0.4, 0.5) is 0 Å². The van der Waals surface area contributed by atoms with Crippen molar-refractivity contribution in [3.63, 3.8) is 0 Å². The molecule has 0 spiro atoms. The van der Waals surface area contributed by atoms with E-state index in [4.69, 9.17) is 21.1 Å². The lowest BCUT2D eigenvalue weighted by Gasteiger charge is -2.26. The van der Waals surface area contributed by atoms with Gasteiger partial charge in [0, 0.05) is 13.1 Å². The Hall–Kier alpha value is -1.93. The highest BCUT2D eigenvalue weighted by Crippen LogP contribution is 2.27. The highest BCUT2D eigenvalue weighted by molar-refractivity contribution is 7.89. The third kappa shape index (κ3) is 4.68. The van der Waals surface area contributed by atoms with Gasteiger partial charge in [0.1, 0.15) is 11.5 Å². The van der Waals surface area contributed by atoms with Gasteiger partial charge < -0.3 is 9.47 Å². The number of sulfonamides is 1. The fourth-order valence-corrected chi connectivity index (χ4v) is 4.70. The van der Waals surface area contributed by atoms with Crippen molar-refractivity contribution in [2.24, 2.45) is 0 Å². The van der Waals surface area contributed by atoms with Crippen molar-refractivity contribution >= 4 is 27.6 Å². The molecule has 6 nitrogen and oxygen atoms in total. The average molecular weight is 410 g/mol. The highest BCUT2D eigenvalue weighted by atomic mass is 35.5. The van der Waals surface area contributed by atoms with E-state index in [1.807, 2.05) is 31.2 Å². The zero-order valence-corrected chi connectivity index (χ0v) is 16.4. The highest BCUT2D eigenvalue weighted by Gasteiger charge is 2.29. The Morgan fingerprint density at radius 2 is 1.93 bits per heavy atom. The first-order valence-corrected chi connectivity index (χ1v) is 10.3. The van der Waals surface area contributed by atoms with E-state index in [1.54, 1.807) is 0 Å². The van der Waals surface area contributed by atoms with E-state index in [0.717, 1.165) is 11.1 Å². The van der Waals surface area contributed by atoms with Gasteiger partial charge in [0.05, 0.1) is 23.8 Å². The van der Waals surface area contributed by atoms with Gasteiger partial charge in [0.2, 0.25) is 10.0 Å². The first-order chi connectivity index (χ1) is 12.9. The molecule has 1 saturated heterocycles. The molecule has 27 heavy (non-hydrogen) atoms. The molecule has 2 aromatic rings. The topological polar surface area (TPSA) is 72.9 Å². The van der Waals surface area contributed by atoms with Gasteiger partial charge in [-0.3, -0.25) is 0 Å². The number of carbonyl (C=O) groups excluding carboxylic acids is 1. The van der Waals surface area contributed by atoms with Crippen LogP contribution in [-0.4, -0.2) is 45.0 Å². The van der Waals surface area contributed by atoms with E-state index in [-0.39, 0.29) is 35.2 Å². The summed E-state index contributed by atoms with van der Waals surface area (Å²) in [5.74, 6) is -0.605. The number of benzene rings is 2. The van der Waals surface area contributed by atoms with E-state index in [2.05, 4.69) is 0 Å². The molecule has 0 saturated carbocycles. The van der Waals surface area contributed by atoms with Crippen molar-refractivity contribution < 1.29 is 22.7 Å². The summed E-state index contributed by atoms with van der Waals surface area (Å²) in [5.41, 5.74) is 2.06. The predicted molar refractivity (Wildman–Crippen MR) is 101 cm³/mol. The molecule has 0 N–H and O–H groups in total. The van der Waals surface area contributed by atoms with Crippen LogP contribution < -0.4 is 0 Å². The first kappa shape index (κ1) is 19.8. The standard InChI is InChI=1S/C19H20ClNO5S/c1-14-3-2-4-15(11-14)13-26-19(22)16-5-6-17(20)18(12-16)27(23,24)21-7-9-25-10-8-21/h2-6,11-12H,7-10,13H2,1H3. The van der Waals surface area contributed by atoms with Crippen molar-refractivity contribution in [3.05, 3.63) is 64.2 Å². The third-order valence-corrected chi connectivity index (χ3v) is 6.59. The van der Waals surface area contributed by atoms with E-state index in [0.29, 0.717) is 13.2 Å². The van der Waals surface area contributed by atoms with Gasteiger partial charge in [0.25, 0.3) is 0 Å². The zero-order valence-electron chi connectivity index (χ0n) is 14.9. The Labute approximate surface area is 163 Å². The summed E-state index contributed by atoms with van der Waals surface area (Å²) in [6.45, 7) is 3.22. The van der Waals surface area contributed by atoms with Gasteiger partial charge in [-0.15, -0.1) is 0 Å². The molecule has 2 aromatic carbocycles. The van der Waals surface area contributed by atoms with Crippen molar-refractivity contribution in [2.45, 2.75) is 18.4 Å². The second kappa shape index (κ2) is 8.39. The van der Waals surface area contributed by atoms with Crippen LogP contribution in [0.15, 0.2) is 47.4 Å². The fraction of sp³-hybridized carbons (Fsp3) is 0.316. The van der Waals surface area contributed by atoms with Crippen molar-refractivity contribution in [1.29, 1.82) is 0 Å². The Morgan fingerprint density at radius 3 is 2.63 bits per heavy atom. The minimum absolute atomic E-state index is 0.0664. The molecule has 0 atom stereocenters. The lowest BCUT2D eigenvalue weighted by Crippen LogP contribution is -2.40. The summed E-state index contributed by atoms with van der Waals surface area (Å²) in [5, 5.41) is 0.0664. The molecule has 3 rings (SSSR count). The molecule has 0 aliphatic carbocycles. The summed E-state index contributed by atoms with van der Waals surface area (Å²) >= 11 is 6.11. The number of nitrogens with zero attached hydrogens (tertiary/aromatic N) is 1. The average Bonchev–Trinajstić information content (AvgIpc) is 2.67. The summed E-state index contributed by atoms with van der Waals surface area (Å²) in [6, 6.07) is 11.7. The van der Waals surface area contributed by atoms with Gasteiger partial charge in [-0.05, 0) is 30.7 Å². The van der Waals surface area contributed by atoms with Crippen molar-refractivity contribution in [2.75, 3.05) is 26.3 Å². The molecule has 0 aromatic heterocycles. The summed E-state index contributed by atoms with van der Waals surface area (Å²) in [4.78, 5) is 12.3. The minimum atomic E-state index is -3.81. The van der Waals surface area contributed by atoms with Gasteiger partial charge in [-0.25, -0.2) is 13.2 Å². The summed E-state index contributed by atoms with van der Waals surface area (Å²) in [7, 11) is -3.81. The van der Waals surface area contributed by atoms with Gasteiger partial charge in [-0.2, -0.15) is 4.31 Å². The van der Waals surface area contributed by atoms with Crippen LogP contribution in [0.2, 0.25) is 5.02 Å². The van der Waals surface area contributed by atoms with Gasteiger partial charge >= 0.3 is 5.97 Å². The van der Waals surface area contributed by atoms with Gasteiger partial charge in [-0.1, -0.05) is 41.4 Å². The van der Waals surface area contributed by atoms with E-state index in [9.17, 15) is 13.2 Å². The molecule has 0 amide bonds. The van der Waals surface area contributed by atoms with Crippen LogP contribution in [0.1, 0.15) is 21.5 Å². The van der Waals surface area contributed by atoms with E-state index < -0.39 is 16.0 Å². The van der Waals surface area contributed by atoms with Crippen LogP contribution in [0.5, 0.6) is 0 Å². The lowest BCUT2D eigenvalue weighted by molar-refractivity contribution is 0.0472. The summed E-state index contributed by atoms with van der Waals surface area (Å²) in [6.07, 6.45) is 0. The normalized spacial score (nSPS) is 15.5. The fourth-order valence-electron chi connectivity index (χ4n) is 2.79. The number of morpholine rings is 1. The molecule has 1 fully saturated rings. The number of hydrogen-bond acceptors (Lipinski definition) is 5. The first-order valence-electron chi connectivity index (χ1n) is 8.48. The Balaban J connectivity index is 1.79. The lowest BCUT2D eigenvalue weighted by atomic mass is 10.1. The Bertz CT molecular complexity index is 939. The summed E-state index contributed by atoms with van der Waals surface area (Å²) < 4.78 is 37.5. The predicted octanol–water partition coefficient (Wildman–Crippen LogP) is 3.03. The molecular formula is C19H20ClNO5S. The van der Waals surface area contributed by atoms with Crippen molar-refractivity contribution in [3.8, 4) is 0 Å². The number of esters is 1. The molecule has 144 valence electrons. The zero-order chi connectivity index (χ0) is 19.4. The number of aryl methyl sites for hydroxylation is 1. The molecule has 1 aliphatic heterocycles. The minimum Gasteiger partial charge on any atom is -0.457 e. The van der Waals surface area contributed by atoms with Crippen LogP contribution in [0, 0.1) is 6.92 Å². The molecule has 1 aliphatic rings. The monoisotopic (exact) mass is 409 g/mol. The largest absolute Gasteiger partial charge is 0.457 e. The second-order valence-corrected chi connectivity index (χ2v) is 8.54. The molecular weight excluding hydrogens is 390 g/mol. The smallest absolute Gasteiger partial charge is 0.338 e. The second-order valence-electron chi connectivity index (χ2n) is 6.23. The van der Waals surface area contributed by atoms with Crippen LogP contribution in [0.3, 0.4) is 0 Å². The van der Waals surface area contributed by atoms with Gasteiger partial charge in [0.15, 0.2) is 0 Å². The van der Waals surface area contributed by atoms with Crippen molar-refractivity contribution in [1.82, 2.24) is 4.31 Å². The number of ether oxygens (including phenoxy) is 2. The number of hydrogen-bond donors (Lipinski definition) is 0. The maximum Gasteiger partial charge on any atom is 0.338 e. The number of carbonyl (C=O) groups is 1. The molecule has 8 heteroatoms. The molecule has 0 bridgehead atoms. The van der Waals surface area contributed by atoms with E-state index >= 15 is 0 Å². The Morgan fingerprint density at radius 1 is 1.19 bits per heavy atom. The SMILES string of the molecule is Cc1cccc(COC(=O)c2ccc(Cl)c(S(=O)(=O)N3CCOCC3)c2)c1. The molecule has 0 radical (unpaired) electrons. The third-order valence-electron chi connectivity index (χ3n) is 4.21. The van der Waals surface area contributed by atoms with Crippen LogP contribution in [0.25, 0.3) is 0 Å². The van der Waals surface area contributed by atoms with Crippen LogP contribution >= 0.6 is 11.6 Å². The van der Waals surface area contributed by atoms with Crippen LogP contribution in [-0.2, 0) is 26.1 Å².